The molecule has 27 heavy (non-hydrogen) atoms. The molecule has 2 aromatic rings. The Bertz CT molecular complexity index is 982. The third kappa shape index (κ3) is 2.97. The lowest BCUT2D eigenvalue weighted by Gasteiger charge is -2.60. The summed E-state index contributed by atoms with van der Waals surface area (Å²) in [5, 5.41) is 14.5. The first-order chi connectivity index (χ1) is 12.8. The van der Waals surface area contributed by atoms with E-state index in [4.69, 9.17) is 14.6 Å². The summed E-state index contributed by atoms with van der Waals surface area (Å²) in [4.78, 5) is 2.25. The van der Waals surface area contributed by atoms with Crippen molar-refractivity contribution in [1.29, 1.82) is 0 Å². The van der Waals surface area contributed by atoms with Crippen molar-refractivity contribution in [2.75, 3.05) is 39.3 Å². The summed E-state index contributed by atoms with van der Waals surface area (Å²) in [5.41, 5.74) is 1.89. The summed E-state index contributed by atoms with van der Waals surface area (Å²) < 4.78 is 35.0. The Morgan fingerprint density at radius 1 is 1.22 bits per heavy atom. The minimum absolute atomic E-state index is 0.0150. The van der Waals surface area contributed by atoms with E-state index in [-0.39, 0.29) is 11.5 Å². The zero-order valence-corrected chi connectivity index (χ0v) is 16.4. The van der Waals surface area contributed by atoms with E-state index in [0.29, 0.717) is 11.5 Å². The minimum atomic E-state index is -3.63. The molecular weight excluding hydrogens is 370 g/mol. The molecule has 0 radical (unpaired) electrons. The van der Waals surface area contributed by atoms with Gasteiger partial charge in [-0.15, -0.1) is 0 Å². The number of nitrogens with zero attached hydrogens (tertiary/aromatic N) is 4. The van der Waals surface area contributed by atoms with Gasteiger partial charge in [0.1, 0.15) is 0 Å². The van der Waals surface area contributed by atoms with Gasteiger partial charge >= 0.3 is 0 Å². The monoisotopic (exact) mass is 393 g/mol. The molecule has 2 N–H and O–H groups in total. The fourth-order valence-electron chi connectivity index (χ4n) is 4.22. The Balaban J connectivity index is 1.53. The van der Waals surface area contributed by atoms with Gasteiger partial charge in [-0.05, 0) is 18.9 Å². The van der Waals surface area contributed by atoms with Crippen LogP contribution in [0.1, 0.15) is 12.8 Å². The molecule has 10 heteroatoms. The van der Waals surface area contributed by atoms with Crippen LogP contribution >= 0.6 is 0 Å². The van der Waals surface area contributed by atoms with Gasteiger partial charge in [0.25, 0.3) is 10.2 Å². The van der Waals surface area contributed by atoms with Crippen LogP contribution in [-0.2, 0) is 10.2 Å². The standard InChI is InChI=1S/C17H23N5O4S/c1-21(27(18,23)24)11-6-17(7-11)9-22(10-17)14-8-19-20-13-5-16(26-3)15(25-2)4-12(13)14/h4-5,8,11H,6-7,9-10H2,1-3H3,(H2,18,23,24). The van der Waals surface area contributed by atoms with Gasteiger partial charge in [0.05, 0.1) is 31.6 Å². The Kier molecular flexibility index (Phi) is 4.17. The van der Waals surface area contributed by atoms with Crippen LogP contribution in [0.5, 0.6) is 11.5 Å². The summed E-state index contributed by atoms with van der Waals surface area (Å²) >= 11 is 0. The van der Waals surface area contributed by atoms with Gasteiger partial charge in [0.15, 0.2) is 11.5 Å². The maximum atomic E-state index is 11.5. The van der Waals surface area contributed by atoms with Crippen molar-refractivity contribution in [2.24, 2.45) is 10.6 Å². The first-order valence-corrected chi connectivity index (χ1v) is 10.1. The third-order valence-corrected chi connectivity index (χ3v) is 6.87. The van der Waals surface area contributed by atoms with Crippen LogP contribution in [0.25, 0.3) is 10.9 Å². The highest BCUT2D eigenvalue weighted by atomic mass is 32.2. The molecule has 1 saturated carbocycles. The van der Waals surface area contributed by atoms with Gasteiger partial charge in [-0.3, -0.25) is 0 Å². The lowest BCUT2D eigenvalue weighted by atomic mass is 9.60. The molecule has 2 heterocycles. The average Bonchev–Trinajstić information content (AvgIpc) is 2.57. The van der Waals surface area contributed by atoms with E-state index >= 15 is 0 Å². The number of benzene rings is 1. The van der Waals surface area contributed by atoms with Crippen LogP contribution in [-0.4, -0.2) is 63.3 Å². The van der Waals surface area contributed by atoms with Crippen LogP contribution in [0.15, 0.2) is 18.3 Å². The predicted octanol–water partition coefficient (Wildman–Crippen LogP) is 0.751. The van der Waals surface area contributed by atoms with Gasteiger partial charge in [0.2, 0.25) is 0 Å². The first-order valence-electron chi connectivity index (χ1n) is 8.64. The largest absolute Gasteiger partial charge is 0.493 e. The van der Waals surface area contributed by atoms with Crippen LogP contribution in [0.4, 0.5) is 5.69 Å². The van der Waals surface area contributed by atoms with E-state index in [1.165, 1.54) is 4.31 Å². The molecule has 0 unspecified atom stereocenters. The van der Waals surface area contributed by atoms with E-state index in [1.54, 1.807) is 27.5 Å². The van der Waals surface area contributed by atoms with E-state index < -0.39 is 10.2 Å². The maximum absolute atomic E-state index is 11.5. The summed E-state index contributed by atoms with van der Waals surface area (Å²) in [5.74, 6) is 1.26. The number of nitrogens with two attached hydrogens (primary N) is 1. The second-order valence-corrected chi connectivity index (χ2v) is 9.04. The normalized spacial score (nSPS) is 19.2. The van der Waals surface area contributed by atoms with Crippen molar-refractivity contribution < 1.29 is 17.9 Å². The Morgan fingerprint density at radius 2 is 1.85 bits per heavy atom. The van der Waals surface area contributed by atoms with Crippen LogP contribution in [0.2, 0.25) is 0 Å². The van der Waals surface area contributed by atoms with E-state index in [9.17, 15) is 8.42 Å². The molecular formula is C17H23N5O4S. The van der Waals surface area contributed by atoms with Crippen molar-refractivity contribution >= 4 is 26.8 Å². The molecule has 4 rings (SSSR count). The van der Waals surface area contributed by atoms with Gasteiger partial charge in [-0.25, -0.2) is 5.14 Å². The van der Waals surface area contributed by atoms with Crippen LogP contribution in [0.3, 0.4) is 0 Å². The highest BCUT2D eigenvalue weighted by molar-refractivity contribution is 7.86. The number of aromatic nitrogens is 2. The topological polar surface area (TPSA) is 111 Å². The Labute approximate surface area is 158 Å². The van der Waals surface area contributed by atoms with Gasteiger partial charge < -0.3 is 14.4 Å². The first kappa shape index (κ1) is 18.2. The number of methoxy groups -OCH3 is 2. The maximum Gasteiger partial charge on any atom is 0.276 e. The number of anilines is 1. The van der Waals surface area contributed by atoms with Crippen molar-refractivity contribution in [2.45, 2.75) is 18.9 Å². The summed E-state index contributed by atoms with van der Waals surface area (Å²) in [6, 6.07) is 3.72. The number of rotatable bonds is 5. The summed E-state index contributed by atoms with van der Waals surface area (Å²) in [6.07, 6.45) is 3.40. The minimum Gasteiger partial charge on any atom is -0.493 e. The Hall–Kier alpha value is -2.17. The molecule has 1 spiro atoms. The molecule has 0 atom stereocenters. The lowest BCUT2D eigenvalue weighted by Crippen LogP contribution is -2.67. The fraction of sp³-hybridized carbons (Fsp3) is 0.529. The van der Waals surface area contributed by atoms with E-state index in [1.807, 2.05) is 12.1 Å². The highest BCUT2D eigenvalue weighted by Gasteiger charge is 2.54. The van der Waals surface area contributed by atoms with Crippen molar-refractivity contribution in [3.05, 3.63) is 18.3 Å². The van der Waals surface area contributed by atoms with Gasteiger partial charge in [0, 0.05) is 43.0 Å². The number of fused-ring (bicyclic) bond motifs is 1. The number of hydrogen-bond donors (Lipinski definition) is 1. The molecule has 0 bridgehead atoms. The molecule has 1 aromatic heterocycles. The highest BCUT2D eigenvalue weighted by Crippen LogP contribution is 2.52. The van der Waals surface area contributed by atoms with Gasteiger partial charge in [-0.2, -0.15) is 22.9 Å². The van der Waals surface area contributed by atoms with E-state index in [0.717, 1.165) is 42.5 Å². The van der Waals surface area contributed by atoms with Crippen molar-refractivity contribution in [3.63, 3.8) is 0 Å². The molecule has 9 nitrogen and oxygen atoms in total. The number of hydrogen-bond acceptors (Lipinski definition) is 7. The molecule has 146 valence electrons. The third-order valence-electron chi connectivity index (χ3n) is 5.77. The molecule has 2 fully saturated rings. The summed E-state index contributed by atoms with van der Waals surface area (Å²) in [7, 11) is 1.11. The molecule has 2 aliphatic rings. The average molecular weight is 393 g/mol. The molecule has 1 aromatic carbocycles. The SMILES string of the molecule is COc1cc2nncc(N3CC4(CC(N(C)S(N)(=O)=O)C4)C3)c2cc1OC. The second-order valence-electron chi connectivity index (χ2n) is 7.43. The smallest absolute Gasteiger partial charge is 0.276 e. The summed E-state index contributed by atoms with van der Waals surface area (Å²) in [6.45, 7) is 1.72. The van der Waals surface area contributed by atoms with Crippen molar-refractivity contribution in [3.8, 4) is 11.5 Å². The number of ether oxygens (including phenoxy) is 2. The molecule has 1 saturated heterocycles. The second kappa shape index (κ2) is 6.18. The molecule has 1 aliphatic carbocycles. The van der Waals surface area contributed by atoms with Crippen LogP contribution < -0.4 is 19.5 Å². The Morgan fingerprint density at radius 3 is 2.44 bits per heavy atom. The zero-order valence-electron chi connectivity index (χ0n) is 15.5. The van der Waals surface area contributed by atoms with Crippen LogP contribution in [0, 0.1) is 5.41 Å². The quantitative estimate of drug-likeness (QED) is 0.798. The lowest BCUT2D eigenvalue weighted by molar-refractivity contribution is 0.0212. The molecule has 1 aliphatic heterocycles. The molecule has 0 amide bonds. The van der Waals surface area contributed by atoms with Gasteiger partial charge in [-0.1, -0.05) is 0 Å². The van der Waals surface area contributed by atoms with Crippen molar-refractivity contribution in [1.82, 2.24) is 14.5 Å². The zero-order chi connectivity index (χ0) is 19.4. The fourth-order valence-corrected chi connectivity index (χ4v) is 4.78. The van der Waals surface area contributed by atoms with E-state index in [2.05, 4.69) is 15.1 Å². The predicted molar refractivity (Wildman–Crippen MR) is 101 cm³/mol.